The van der Waals surface area contributed by atoms with Gasteiger partial charge in [-0.15, -0.1) is 0 Å². The highest BCUT2D eigenvalue weighted by atomic mass is 16.5. The van der Waals surface area contributed by atoms with Crippen molar-refractivity contribution in [2.75, 3.05) is 7.11 Å². The molecule has 0 aliphatic rings. The normalized spacial score (nSPS) is 12.7. The lowest BCUT2D eigenvalue weighted by Gasteiger charge is -2.22. The summed E-state index contributed by atoms with van der Waals surface area (Å²) in [7, 11) is 1.45. The molecule has 3 heteroatoms. The molecule has 1 N–H and O–H groups in total. The van der Waals surface area contributed by atoms with E-state index >= 15 is 0 Å². The molecule has 0 spiro atoms. The maximum atomic E-state index is 11.4. The summed E-state index contributed by atoms with van der Waals surface area (Å²) in [5.41, 5.74) is 0. The lowest BCUT2D eigenvalue weighted by molar-refractivity contribution is -0.142. The SMILES string of the molecule is CCCCCC(CCCCC)N[C@@H](C)C(=O)OC. The molecule has 108 valence electrons. The van der Waals surface area contributed by atoms with Crippen LogP contribution in [0.15, 0.2) is 0 Å². The Hall–Kier alpha value is -0.570. The first-order valence-corrected chi connectivity index (χ1v) is 7.49. The molecule has 0 heterocycles. The largest absolute Gasteiger partial charge is 0.468 e. The number of hydrogen-bond acceptors (Lipinski definition) is 3. The van der Waals surface area contributed by atoms with Crippen molar-refractivity contribution < 1.29 is 9.53 Å². The predicted octanol–water partition coefficient (Wildman–Crippen LogP) is 3.67. The van der Waals surface area contributed by atoms with E-state index in [2.05, 4.69) is 19.2 Å². The molecule has 0 bridgehead atoms. The van der Waals surface area contributed by atoms with Gasteiger partial charge in [-0.25, -0.2) is 0 Å². The molecule has 0 saturated carbocycles. The maximum Gasteiger partial charge on any atom is 0.322 e. The maximum absolute atomic E-state index is 11.4. The Morgan fingerprint density at radius 1 is 1.06 bits per heavy atom. The number of ether oxygens (including phenoxy) is 1. The van der Waals surface area contributed by atoms with Crippen LogP contribution in [0, 0.1) is 0 Å². The first-order chi connectivity index (χ1) is 8.65. The fourth-order valence-electron chi connectivity index (χ4n) is 2.19. The smallest absolute Gasteiger partial charge is 0.322 e. The second-order valence-corrected chi connectivity index (χ2v) is 5.10. The van der Waals surface area contributed by atoms with Crippen molar-refractivity contribution in [3.05, 3.63) is 0 Å². The van der Waals surface area contributed by atoms with Crippen LogP contribution in [0.25, 0.3) is 0 Å². The van der Waals surface area contributed by atoms with Gasteiger partial charge in [-0.1, -0.05) is 52.4 Å². The third-order valence-electron chi connectivity index (χ3n) is 3.35. The van der Waals surface area contributed by atoms with Gasteiger partial charge in [-0.2, -0.15) is 0 Å². The number of hydrogen-bond donors (Lipinski definition) is 1. The van der Waals surface area contributed by atoms with E-state index in [9.17, 15) is 4.79 Å². The van der Waals surface area contributed by atoms with Gasteiger partial charge in [0.15, 0.2) is 0 Å². The van der Waals surface area contributed by atoms with E-state index in [-0.39, 0.29) is 12.0 Å². The highest BCUT2D eigenvalue weighted by Gasteiger charge is 2.17. The van der Waals surface area contributed by atoms with Crippen LogP contribution in [0.5, 0.6) is 0 Å². The molecular formula is C15H31NO2. The van der Waals surface area contributed by atoms with Gasteiger partial charge in [-0.3, -0.25) is 4.79 Å². The van der Waals surface area contributed by atoms with Gasteiger partial charge >= 0.3 is 5.97 Å². The zero-order chi connectivity index (χ0) is 13.8. The highest BCUT2D eigenvalue weighted by Crippen LogP contribution is 2.12. The number of methoxy groups -OCH3 is 1. The minimum Gasteiger partial charge on any atom is -0.468 e. The number of carbonyl (C=O) groups excluding carboxylic acids is 1. The number of nitrogens with one attached hydrogen (secondary N) is 1. The molecule has 18 heavy (non-hydrogen) atoms. The van der Waals surface area contributed by atoms with Crippen LogP contribution >= 0.6 is 0 Å². The Balaban J connectivity index is 4.05. The van der Waals surface area contributed by atoms with E-state index in [1.807, 2.05) is 6.92 Å². The Kier molecular flexibility index (Phi) is 11.2. The second-order valence-electron chi connectivity index (χ2n) is 5.10. The lowest BCUT2D eigenvalue weighted by atomic mass is 10.0. The van der Waals surface area contributed by atoms with Gasteiger partial charge in [-0.05, 0) is 19.8 Å². The van der Waals surface area contributed by atoms with Crippen molar-refractivity contribution in [3.8, 4) is 0 Å². The number of carbonyl (C=O) groups is 1. The fraction of sp³-hybridized carbons (Fsp3) is 0.933. The second kappa shape index (κ2) is 11.5. The molecule has 0 aliphatic carbocycles. The van der Waals surface area contributed by atoms with Crippen LogP contribution < -0.4 is 5.32 Å². The lowest BCUT2D eigenvalue weighted by Crippen LogP contribution is -2.42. The van der Waals surface area contributed by atoms with Crippen LogP contribution in [0.3, 0.4) is 0 Å². The van der Waals surface area contributed by atoms with E-state index in [1.165, 1.54) is 58.5 Å². The van der Waals surface area contributed by atoms with E-state index in [1.54, 1.807) is 0 Å². The Morgan fingerprint density at radius 2 is 1.56 bits per heavy atom. The molecule has 0 saturated heterocycles. The Morgan fingerprint density at radius 3 is 1.94 bits per heavy atom. The summed E-state index contributed by atoms with van der Waals surface area (Å²) in [6.45, 7) is 6.33. The van der Waals surface area contributed by atoms with E-state index < -0.39 is 0 Å². The van der Waals surface area contributed by atoms with Gasteiger partial charge in [0.1, 0.15) is 6.04 Å². The molecule has 0 unspecified atom stereocenters. The minimum absolute atomic E-state index is 0.161. The van der Waals surface area contributed by atoms with Crippen LogP contribution in [0.1, 0.15) is 72.1 Å². The molecule has 0 aromatic carbocycles. The highest BCUT2D eigenvalue weighted by molar-refractivity contribution is 5.75. The molecule has 0 aromatic heterocycles. The van der Waals surface area contributed by atoms with Crippen LogP contribution in [0.2, 0.25) is 0 Å². The van der Waals surface area contributed by atoms with Crippen molar-refractivity contribution in [1.82, 2.24) is 5.32 Å². The van der Waals surface area contributed by atoms with Gasteiger partial charge in [0.2, 0.25) is 0 Å². The summed E-state index contributed by atoms with van der Waals surface area (Å²) in [6, 6.07) is 0.264. The van der Waals surface area contributed by atoms with Gasteiger partial charge in [0.25, 0.3) is 0 Å². The van der Waals surface area contributed by atoms with Crippen molar-refractivity contribution in [1.29, 1.82) is 0 Å². The number of esters is 1. The number of unbranched alkanes of at least 4 members (excludes halogenated alkanes) is 4. The van der Waals surface area contributed by atoms with Gasteiger partial charge in [0.05, 0.1) is 7.11 Å². The van der Waals surface area contributed by atoms with E-state index in [0.29, 0.717) is 6.04 Å². The first-order valence-electron chi connectivity index (χ1n) is 7.49. The predicted molar refractivity (Wildman–Crippen MR) is 76.7 cm³/mol. The molecule has 0 aromatic rings. The molecule has 0 amide bonds. The average Bonchev–Trinajstić information content (AvgIpc) is 2.37. The number of rotatable bonds is 11. The minimum atomic E-state index is -0.191. The zero-order valence-corrected chi connectivity index (χ0v) is 12.6. The van der Waals surface area contributed by atoms with Crippen LogP contribution in [-0.2, 0) is 9.53 Å². The summed E-state index contributed by atoms with van der Waals surface area (Å²) in [5, 5.41) is 3.41. The molecule has 1 atom stereocenters. The third-order valence-corrected chi connectivity index (χ3v) is 3.35. The van der Waals surface area contributed by atoms with E-state index in [4.69, 9.17) is 4.74 Å². The van der Waals surface area contributed by atoms with Crippen molar-refractivity contribution in [2.24, 2.45) is 0 Å². The first kappa shape index (κ1) is 17.4. The fourth-order valence-corrected chi connectivity index (χ4v) is 2.19. The van der Waals surface area contributed by atoms with Crippen molar-refractivity contribution in [2.45, 2.75) is 84.2 Å². The van der Waals surface area contributed by atoms with E-state index in [0.717, 1.165) is 0 Å². The van der Waals surface area contributed by atoms with Gasteiger partial charge in [0, 0.05) is 6.04 Å². The Bertz CT molecular complexity index is 197. The molecule has 0 rings (SSSR count). The molecular weight excluding hydrogens is 226 g/mol. The molecule has 3 nitrogen and oxygen atoms in total. The van der Waals surface area contributed by atoms with Crippen LogP contribution in [0.4, 0.5) is 0 Å². The summed E-state index contributed by atoms with van der Waals surface area (Å²) in [4.78, 5) is 11.4. The third kappa shape index (κ3) is 8.51. The Labute approximate surface area is 113 Å². The summed E-state index contributed by atoms with van der Waals surface area (Å²) in [6.07, 6.45) is 9.86. The van der Waals surface area contributed by atoms with Gasteiger partial charge < -0.3 is 10.1 Å². The molecule has 0 fully saturated rings. The standard InChI is InChI=1S/C15H31NO2/c1-5-7-9-11-14(12-10-8-6-2)16-13(3)15(17)18-4/h13-14,16H,5-12H2,1-4H3/t13-/m0/s1. The zero-order valence-electron chi connectivity index (χ0n) is 12.6. The van der Waals surface area contributed by atoms with Crippen LogP contribution in [-0.4, -0.2) is 25.2 Å². The summed E-state index contributed by atoms with van der Waals surface area (Å²) < 4.78 is 4.76. The van der Waals surface area contributed by atoms with Crippen molar-refractivity contribution in [3.63, 3.8) is 0 Å². The topological polar surface area (TPSA) is 38.3 Å². The summed E-state index contributed by atoms with van der Waals surface area (Å²) in [5.74, 6) is -0.161. The molecule has 0 radical (unpaired) electrons. The molecule has 0 aliphatic heterocycles. The monoisotopic (exact) mass is 257 g/mol. The summed E-state index contributed by atoms with van der Waals surface area (Å²) >= 11 is 0. The average molecular weight is 257 g/mol. The quantitative estimate of drug-likeness (QED) is 0.453. The van der Waals surface area contributed by atoms with Crippen molar-refractivity contribution >= 4 is 5.97 Å².